The number of carbonyl (C=O) groups excluding carboxylic acids is 1. The molecule has 0 aliphatic carbocycles. The summed E-state index contributed by atoms with van der Waals surface area (Å²) in [6.07, 6.45) is 5.16. The van der Waals surface area contributed by atoms with Crippen LogP contribution in [0.2, 0.25) is 0 Å². The minimum atomic E-state index is -0.285. The normalized spacial score (nSPS) is 19.0. The second-order valence-electron chi connectivity index (χ2n) is 8.17. The summed E-state index contributed by atoms with van der Waals surface area (Å²) in [5.41, 5.74) is 1.90. The van der Waals surface area contributed by atoms with Crippen LogP contribution in [0.1, 0.15) is 28.8 Å². The number of carbonyl (C=O) groups is 1. The van der Waals surface area contributed by atoms with Crippen molar-refractivity contribution in [1.29, 1.82) is 0 Å². The smallest absolute Gasteiger partial charge is 0.259 e. The highest BCUT2D eigenvalue weighted by atomic mass is 16.5. The van der Waals surface area contributed by atoms with Crippen molar-refractivity contribution in [2.45, 2.75) is 18.9 Å². The van der Waals surface area contributed by atoms with E-state index in [-0.39, 0.29) is 12.0 Å². The van der Waals surface area contributed by atoms with Crippen molar-refractivity contribution >= 4 is 23.4 Å². The number of fused-ring (bicyclic) bond motifs is 3. The van der Waals surface area contributed by atoms with Crippen LogP contribution in [0.4, 0.5) is 5.69 Å². The Hall–Kier alpha value is -3.50. The molecule has 0 spiro atoms. The summed E-state index contributed by atoms with van der Waals surface area (Å²) in [7, 11) is 1.59. The van der Waals surface area contributed by atoms with E-state index in [0.717, 1.165) is 43.9 Å². The molecule has 10 nitrogen and oxygen atoms in total. The third-order valence-electron chi connectivity index (χ3n) is 5.94. The molecule has 1 saturated heterocycles. The van der Waals surface area contributed by atoms with E-state index in [0.29, 0.717) is 48.4 Å². The van der Waals surface area contributed by atoms with Gasteiger partial charge in [0, 0.05) is 37.6 Å². The Morgan fingerprint density at radius 3 is 3.09 bits per heavy atom. The Morgan fingerprint density at radius 2 is 2.29 bits per heavy atom. The van der Waals surface area contributed by atoms with Crippen molar-refractivity contribution in [1.82, 2.24) is 20.5 Å². The molecule has 0 radical (unpaired) electrons. The lowest BCUT2D eigenvalue weighted by atomic mass is 10.1. The van der Waals surface area contributed by atoms with Gasteiger partial charge in [-0.2, -0.15) is 0 Å². The van der Waals surface area contributed by atoms with Gasteiger partial charge >= 0.3 is 0 Å². The maximum atomic E-state index is 12.8. The number of hydrogen-bond donors (Lipinski definition) is 2. The predicted molar refractivity (Wildman–Crippen MR) is 127 cm³/mol. The van der Waals surface area contributed by atoms with E-state index >= 15 is 0 Å². The first-order valence-corrected chi connectivity index (χ1v) is 11.5. The third-order valence-corrected chi connectivity index (χ3v) is 5.94. The molecule has 1 aromatic heterocycles. The van der Waals surface area contributed by atoms with Gasteiger partial charge in [0.15, 0.2) is 11.5 Å². The van der Waals surface area contributed by atoms with E-state index in [1.807, 2.05) is 17.0 Å². The van der Waals surface area contributed by atoms with Crippen LogP contribution in [0.3, 0.4) is 0 Å². The van der Waals surface area contributed by atoms with Gasteiger partial charge in [0.1, 0.15) is 11.5 Å². The first-order chi connectivity index (χ1) is 16.7. The second-order valence-corrected chi connectivity index (χ2v) is 8.17. The number of amides is 1. The zero-order chi connectivity index (χ0) is 23.3. The average molecular weight is 465 g/mol. The van der Waals surface area contributed by atoms with Gasteiger partial charge in [-0.05, 0) is 37.1 Å². The van der Waals surface area contributed by atoms with Gasteiger partial charge in [-0.3, -0.25) is 25.0 Å². The molecule has 1 aromatic carbocycles. The number of guanidine groups is 1. The Balaban J connectivity index is 1.35. The van der Waals surface area contributed by atoms with Gasteiger partial charge in [-0.15, -0.1) is 0 Å². The molecule has 5 rings (SSSR count). The molecular weight excluding hydrogens is 436 g/mol. The molecule has 0 saturated carbocycles. The molecule has 4 heterocycles. The van der Waals surface area contributed by atoms with Crippen LogP contribution in [0, 0.1) is 0 Å². The average Bonchev–Trinajstić information content (AvgIpc) is 3.38. The third kappa shape index (κ3) is 4.59. The molecule has 1 unspecified atom stereocenters. The van der Waals surface area contributed by atoms with Crippen molar-refractivity contribution < 1.29 is 19.0 Å². The number of aromatic nitrogens is 1. The summed E-state index contributed by atoms with van der Waals surface area (Å²) in [6, 6.07) is 7.27. The Labute approximate surface area is 198 Å². The highest BCUT2D eigenvalue weighted by Gasteiger charge is 2.33. The van der Waals surface area contributed by atoms with Crippen molar-refractivity contribution in [3.63, 3.8) is 0 Å². The van der Waals surface area contributed by atoms with Gasteiger partial charge in [0.25, 0.3) is 5.91 Å². The fourth-order valence-corrected chi connectivity index (χ4v) is 4.27. The van der Waals surface area contributed by atoms with Crippen LogP contribution in [0.15, 0.2) is 46.6 Å². The number of benzene rings is 1. The van der Waals surface area contributed by atoms with Crippen LogP contribution in [0.5, 0.6) is 11.5 Å². The SMILES string of the molecule is COc1c(OCCCC2CNCCO2)ccc2c1N=C(NC(=O)c1cccnc1)N1CCN=C21. The monoisotopic (exact) mass is 464 g/mol. The van der Waals surface area contributed by atoms with E-state index in [2.05, 4.69) is 20.6 Å². The van der Waals surface area contributed by atoms with Crippen molar-refractivity contribution in [2.75, 3.05) is 46.5 Å². The fraction of sp³-hybridized carbons (Fsp3) is 0.417. The van der Waals surface area contributed by atoms with Crippen LogP contribution >= 0.6 is 0 Å². The standard InChI is InChI=1S/C24H28N6O4/c1-32-21-19(34-12-3-5-17-15-26-10-13-33-17)7-6-18-20(21)28-24(30-11-9-27-22(18)30)29-23(31)16-4-2-8-25-14-16/h2,4,6-8,14,17,26H,3,5,9-13,15H2,1H3,(H,28,29,31). The molecule has 34 heavy (non-hydrogen) atoms. The minimum absolute atomic E-state index is 0.227. The number of nitrogens with one attached hydrogen (secondary N) is 2. The molecule has 3 aliphatic rings. The second kappa shape index (κ2) is 10.2. The molecule has 2 N–H and O–H groups in total. The molecule has 1 amide bonds. The lowest BCUT2D eigenvalue weighted by Crippen LogP contribution is -2.47. The number of hydrogen-bond acceptors (Lipinski definition) is 9. The van der Waals surface area contributed by atoms with Crippen molar-refractivity contribution in [3.8, 4) is 11.5 Å². The summed E-state index contributed by atoms with van der Waals surface area (Å²) in [4.78, 5) is 28.1. The number of pyridine rings is 1. The van der Waals surface area contributed by atoms with E-state index in [1.165, 1.54) is 6.20 Å². The lowest BCUT2D eigenvalue weighted by Gasteiger charge is -2.28. The maximum absolute atomic E-state index is 12.8. The molecule has 1 atom stereocenters. The quantitative estimate of drug-likeness (QED) is 0.601. The van der Waals surface area contributed by atoms with E-state index in [1.54, 1.807) is 25.4 Å². The first-order valence-electron chi connectivity index (χ1n) is 11.5. The van der Waals surface area contributed by atoms with Crippen LogP contribution in [-0.4, -0.2) is 80.2 Å². The zero-order valence-corrected chi connectivity index (χ0v) is 19.1. The molecule has 2 aromatic rings. The molecular formula is C24H28N6O4. The summed E-state index contributed by atoms with van der Waals surface area (Å²) in [6.45, 7) is 4.34. The van der Waals surface area contributed by atoms with Crippen molar-refractivity contribution in [3.05, 3.63) is 47.8 Å². The Kier molecular flexibility index (Phi) is 6.68. The minimum Gasteiger partial charge on any atom is -0.491 e. The summed E-state index contributed by atoms with van der Waals surface area (Å²) >= 11 is 0. The van der Waals surface area contributed by atoms with Gasteiger partial charge in [-0.25, -0.2) is 4.99 Å². The van der Waals surface area contributed by atoms with Crippen LogP contribution < -0.4 is 20.1 Å². The highest BCUT2D eigenvalue weighted by Crippen LogP contribution is 2.43. The summed E-state index contributed by atoms with van der Waals surface area (Å²) in [5.74, 6) is 2.02. The Morgan fingerprint density at radius 1 is 1.35 bits per heavy atom. The molecule has 10 heteroatoms. The topological polar surface area (TPSA) is 110 Å². The predicted octanol–water partition coefficient (Wildman–Crippen LogP) is 1.73. The van der Waals surface area contributed by atoms with Gasteiger partial charge in [0.2, 0.25) is 5.96 Å². The molecule has 178 valence electrons. The number of nitrogens with zero attached hydrogens (tertiary/aromatic N) is 4. The van der Waals surface area contributed by atoms with E-state index in [9.17, 15) is 4.79 Å². The van der Waals surface area contributed by atoms with E-state index in [4.69, 9.17) is 19.2 Å². The number of aliphatic imine (C=N–C) groups is 2. The first kappa shape index (κ1) is 22.3. The van der Waals surface area contributed by atoms with Crippen LogP contribution in [0.25, 0.3) is 0 Å². The molecule has 1 fully saturated rings. The molecule has 3 aliphatic heterocycles. The summed E-state index contributed by atoms with van der Waals surface area (Å²) in [5, 5.41) is 6.25. The number of rotatable bonds is 7. The molecule has 0 bridgehead atoms. The number of methoxy groups -OCH3 is 1. The van der Waals surface area contributed by atoms with Crippen molar-refractivity contribution in [2.24, 2.45) is 9.98 Å². The number of ether oxygens (including phenoxy) is 3. The van der Waals surface area contributed by atoms with Crippen LogP contribution in [-0.2, 0) is 4.74 Å². The fourth-order valence-electron chi connectivity index (χ4n) is 4.27. The van der Waals surface area contributed by atoms with E-state index < -0.39 is 0 Å². The maximum Gasteiger partial charge on any atom is 0.259 e. The number of morpholine rings is 1. The highest BCUT2D eigenvalue weighted by molar-refractivity contribution is 6.20. The van der Waals surface area contributed by atoms with Gasteiger partial charge in [-0.1, -0.05) is 0 Å². The lowest BCUT2D eigenvalue weighted by molar-refractivity contribution is 0.0203. The Bertz CT molecular complexity index is 1100. The number of amidine groups is 1. The largest absolute Gasteiger partial charge is 0.491 e. The van der Waals surface area contributed by atoms with Gasteiger partial charge < -0.3 is 19.5 Å². The summed E-state index contributed by atoms with van der Waals surface area (Å²) < 4.78 is 17.5. The zero-order valence-electron chi connectivity index (χ0n) is 19.1. The van der Waals surface area contributed by atoms with Gasteiger partial charge in [0.05, 0.1) is 38.5 Å².